The Morgan fingerprint density at radius 2 is 2.00 bits per heavy atom. The summed E-state index contributed by atoms with van der Waals surface area (Å²) in [6.45, 7) is 11.7. The van der Waals surface area contributed by atoms with E-state index in [0.717, 1.165) is 42.6 Å². The summed E-state index contributed by atoms with van der Waals surface area (Å²) in [7, 11) is 0. The molecule has 158 valence electrons. The minimum Gasteiger partial charge on any atom is -0.313 e. The van der Waals surface area contributed by atoms with Crippen LogP contribution in [0.4, 0.5) is 5.00 Å². The smallest absolute Gasteiger partial charge is 0.266 e. The fourth-order valence-corrected chi connectivity index (χ4v) is 5.78. The molecule has 0 aliphatic carbocycles. The van der Waals surface area contributed by atoms with Gasteiger partial charge in [-0.05, 0) is 49.0 Å². The van der Waals surface area contributed by atoms with E-state index in [1.54, 1.807) is 11.3 Å². The van der Waals surface area contributed by atoms with Gasteiger partial charge >= 0.3 is 0 Å². The van der Waals surface area contributed by atoms with E-state index in [-0.39, 0.29) is 11.9 Å². The van der Waals surface area contributed by atoms with Crippen LogP contribution in [0.5, 0.6) is 0 Å². The predicted molar refractivity (Wildman–Crippen MR) is 126 cm³/mol. The molecule has 1 aliphatic heterocycles. The number of hydrogen-bond donors (Lipinski definition) is 1. The van der Waals surface area contributed by atoms with Gasteiger partial charge in [0.2, 0.25) is 0 Å². The summed E-state index contributed by atoms with van der Waals surface area (Å²) in [6, 6.07) is 8.03. The molecule has 1 fully saturated rings. The van der Waals surface area contributed by atoms with Gasteiger partial charge in [-0.3, -0.25) is 14.7 Å². The van der Waals surface area contributed by atoms with Gasteiger partial charge in [-0.15, -0.1) is 22.7 Å². The van der Waals surface area contributed by atoms with E-state index in [1.165, 1.54) is 32.9 Å². The standard InChI is InChI=1S/C23H28N4OS2/c1-4-26-10-12-27(13-11-26)21(18-7-5-9-24-15-18)20-16(2)17(3)30-23(20)25-22(28)19-8-6-14-29-19/h5-9,14-15,21H,4,10-13H2,1-3H3,(H,25,28)/t21-/m0/s1. The molecular formula is C23H28N4OS2. The van der Waals surface area contributed by atoms with Crippen molar-refractivity contribution in [3.8, 4) is 0 Å². The van der Waals surface area contributed by atoms with Crippen LogP contribution in [0.3, 0.4) is 0 Å². The van der Waals surface area contributed by atoms with Crippen LogP contribution >= 0.6 is 22.7 Å². The lowest BCUT2D eigenvalue weighted by atomic mass is 9.95. The van der Waals surface area contributed by atoms with E-state index in [1.807, 2.05) is 36.0 Å². The second kappa shape index (κ2) is 9.39. The molecule has 7 heteroatoms. The first-order chi connectivity index (χ1) is 14.6. The molecule has 1 saturated heterocycles. The molecule has 3 aromatic heterocycles. The Labute approximate surface area is 186 Å². The summed E-state index contributed by atoms with van der Waals surface area (Å²) < 4.78 is 0. The maximum absolute atomic E-state index is 12.8. The van der Waals surface area contributed by atoms with E-state index in [9.17, 15) is 4.79 Å². The van der Waals surface area contributed by atoms with Gasteiger partial charge < -0.3 is 10.2 Å². The number of nitrogens with one attached hydrogen (secondary N) is 1. The third-order valence-corrected chi connectivity index (χ3v) is 7.90. The van der Waals surface area contributed by atoms with Gasteiger partial charge in [0.15, 0.2) is 0 Å². The van der Waals surface area contributed by atoms with Crippen LogP contribution in [0, 0.1) is 13.8 Å². The van der Waals surface area contributed by atoms with Crippen molar-refractivity contribution in [1.29, 1.82) is 0 Å². The fraction of sp³-hybridized carbons (Fsp3) is 0.391. The topological polar surface area (TPSA) is 48.5 Å². The highest BCUT2D eigenvalue weighted by atomic mass is 32.1. The zero-order chi connectivity index (χ0) is 21.1. The molecule has 3 aromatic rings. The second-order valence-electron chi connectivity index (χ2n) is 7.62. The lowest BCUT2D eigenvalue weighted by Crippen LogP contribution is -2.47. The van der Waals surface area contributed by atoms with Crippen LogP contribution < -0.4 is 5.32 Å². The minimum atomic E-state index is -0.0340. The Bertz CT molecular complexity index is 976. The van der Waals surface area contributed by atoms with Crippen LogP contribution in [0.2, 0.25) is 0 Å². The number of aryl methyl sites for hydroxylation is 1. The molecule has 1 amide bonds. The molecule has 1 atom stereocenters. The lowest BCUT2D eigenvalue weighted by Gasteiger charge is -2.39. The van der Waals surface area contributed by atoms with Crippen molar-refractivity contribution in [1.82, 2.24) is 14.8 Å². The van der Waals surface area contributed by atoms with Crippen molar-refractivity contribution in [2.75, 3.05) is 38.0 Å². The van der Waals surface area contributed by atoms with Crippen molar-refractivity contribution in [3.63, 3.8) is 0 Å². The summed E-state index contributed by atoms with van der Waals surface area (Å²) in [5.74, 6) is -0.0340. The number of thiophene rings is 2. The number of carbonyl (C=O) groups excluding carboxylic acids is 1. The van der Waals surface area contributed by atoms with Crippen molar-refractivity contribution >= 4 is 33.6 Å². The highest BCUT2D eigenvalue weighted by molar-refractivity contribution is 7.17. The van der Waals surface area contributed by atoms with Crippen LogP contribution in [-0.4, -0.2) is 53.4 Å². The van der Waals surface area contributed by atoms with Crippen LogP contribution in [0.15, 0.2) is 42.0 Å². The number of piperazine rings is 1. The predicted octanol–water partition coefficient (Wildman–Crippen LogP) is 4.80. The molecule has 4 rings (SSSR count). The highest BCUT2D eigenvalue weighted by Crippen LogP contribution is 2.42. The Morgan fingerprint density at radius 1 is 1.20 bits per heavy atom. The van der Waals surface area contributed by atoms with Crippen molar-refractivity contribution in [3.05, 3.63) is 68.5 Å². The van der Waals surface area contributed by atoms with Gasteiger partial charge in [0.1, 0.15) is 5.00 Å². The maximum Gasteiger partial charge on any atom is 0.266 e. The van der Waals surface area contributed by atoms with Gasteiger partial charge in [0, 0.05) is 49.0 Å². The van der Waals surface area contributed by atoms with Crippen molar-refractivity contribution in [2.45, 2.75) is 26.8 Å². The number of hydrogen-bond acceptors (Lipinski definition) is 6. The summed E-state index contributed by atoms with van der Waals surface area (Å²) in [5, 5.41) is 6.11. The summed E-state index contributed by atoms with van der Waals surface area (Å²) in [4.78, 5) is 24.3. The number of rotatable bonds is 6. The fourth-order valence-electron chi connectivity index (χ4n) is 4.07. The van der Waals surface area contributed by atoms with Gasteiger partial charge in [0.25, 0.3) is 5.91 Å². The molecule has 30 heavy (non-hydrogen) atoms. The van der Waals surface area contributed by atoms with E-state index >= 15 is 0 Å². The molecule has 5 nitrogen and oxygen atoms in total. The van der Waals surface area contributed by atoms with Crippen molar-refractivity contribution < 1.29 is 4.79 Å². The third-order valence-electron chi connectivity index (χ3n) is 5.90. The van der Waals surface area contributed by atoms with E-state index in [4.69, 9.17) is 0 Å². The van der Waals surface area contributed by atoms with Gasteiger partial charge in [-0.25, -0.2) is 0 Å². The highest BCUT2D eigenvalue weighted by Gasteiger charge is 2.31. The quantitative estimate of drug-likeness (QED) is 0.598. The third kappa shape index (κ3) is 4.34. The molecule has 0 spiro atoms. The number of likely N-dealkylation sites (N-methyl/N-ethyl adjacent to an activating group) is 1. The first-order valence-corrected chi connectivity index (χ1v) is 12.1. The number of aromatic nitrogens is 1. The molecular weight excluding hydrogens is 412 g/mol. The number of amides is 1. The molecule has 0 saturated carbocycles. The van der Waals surface area contributed by atoms with E-state index < -0.39 is 0 Å². The lowest BCUT2D eigenvalue weighted by molar-refractivity contribution is 0.102. The van der Waals surface area contributed by atoms with Crippen molar-refractivity contribution in [2.24, 2.45) is 0 Å². The van der Waals surface area contributed by atoms with Gasteiger partial charge in [0.05, 0.1) is 10.9 Å². The minimum absolute atomic E-state index is 0.0340. The molecule has 1 N–H and O–H groups in total. The molecule has 0 aromatic carbocycles. The zero-order valence-electron chi connectivity index (χ0n) is 17.7. The average Bonchev–Trinajstić information content (AvgIpc) is 3.40. The largest absolute Gasteiger partial charge is 0.313 e. The van der Waals surface area contributed by atoms with Gasteiger partial charge in [-0.1, -0.05) is 19.1 Å². The van der Waals surface area contributed by atoms with Crippen LogP contribution in [0.1, 0.15) is 44.2 Å². The normalized spacial score (nSPS) is 16.5. The zero-order valence-corrected chi connectivity index (χ0v) is 19.4. The van der Waals surface area contributed by atoms with E-state index in [0.29, 0.717) is 0 Å². The molecule has 0 unspecified atom stereocenters. The molecule has 4 heterocycles. The summed E-state index contributed by atoms with van der Waals surface area (Å²) in [5.41, 5.74) is 3.64. The first kappa shape index (κ1) is 21.2. The Hall–Kier alpha value is -2.06. The monoisotopic (exact) mass is 440 g/mol. The number of pyridine rings is 1. The maximum atomic E-state index is 12.8. The number of anilines is 1. The van der Waals surface area contributed by atoms with Crippen LogP contribution in [0.25, 0.3) is 0 Å². The molecule has 0 radical (unpaired) electrons. The Balaban J connectivity index is 1.72. The summed E-state index contributed by atoms with van der Waals surface area (Å²) >= 11 is 3.14. The SMILES string of the molecule is CCN1CCN([C@@H](c2cccnc2)c2c(NC(=O)c3cccs3)sc(C)c2C)CC1. The molecule has 1 aliphatic rings. The summed E-state index contributed by atoms with van der Waals surface area (Å²) in [6.07, 6.45) is 3.79. The average molecular weight is 441 g/mol. The Morgan fingerprint density at radius 3 is 2.63 bits per heavy atom. The van der Waals surface area contributed by atoms with E-state index in [2.05, 4.69) is 46.9 Å². The van der Waals surface area contributed by atoms with Crippen LogP contribution in [-0.2, 0) is 0 Å². The molecule has 0 bridgehead atoms. The van der Waals surface area contributed by atoms with Gasteiger partial charge in [-0.2, -0.15) is 0 Å². The first-order valence-electron chi connectivity index (χ1n) is 10.4. The number of nitrogens with zero attached hydrogens (tertiary/aromatic N) is 3. The second-order valence-corrected chi connectivity index (χ2v) is 9.79. The Kier molecular flexibility index (Phi) is 6.63. The number of carbonyl (C=O) groups is 1.